The van der Waals surface area contributed by atoms with Crippen LogP contribution < -0.4 is 11.1 Å². The molecule has 0 spiro atoms. The Balaban J connectivity index is 1.95. The number of fused-ring (bicyclic) bond motifs is 1. The molecule has 1 heterocycles. The van der Waals surface area contributed by atoms with Gasteiger partial charge in [0.25, 0.3) is 0 Å². The maximum absolute atomic E-state index is 11.9. The van der Waals surface area contributed by atoms with Crippen molar-refractivity contribution in [1.29, 1.82) is 0 Å². The number of amides is 1. The quantitative estimate of drug-likeness (QED) is 0.753. The number of hydrogen-bond acceptors (Lipinski definition) is 6. The van der Waals surface area contributed by atoms with Gasteiger partial charge in [-0.2, -0.15) is 0 Å². The van der Waals surface area contributed by atoms with Gasteiger partial charge in [0.1, 0.15) is 11.6 Å². The molecule has 2 aromatic rings. The van der Waals surface area contributed by atoms with E-state index in [2.05, 4.69) is 15.3 Å². The lowest BCUT2D eigenvalue weighted by molar-refractivity contribution is -0.120. The smallest absolute Gasteiger partial charge is 0.232 e. The first-order chi connectivity index (χ1) is 10.6. The number of hydrogen-bond donors (Lipinski definition) is 2. The summed E-state index contributed by atoms with van der Waals surface area (Å²) in [4.78, 5) is 20.6. The number of anilines is 1. The lowest BCUT2D eigenvalue weighted by Gasteiger charge is -2.11. The number of thioether (sulfide) groups is 1. The van der Waals surface area contributed by atoms with Gasteiger partial charge in [0, 0.05) is 19.0 Å². The van der Waals surface area contributed by atoms with E-state index in [-0.39, 0.29) is 11.2 Å². The summed E-state index contributed by atoms with van der Waals surface area (Å²) in [5.74, 6) is 1.63. The number of para-hydroxylation sites is 1. The van der Waals surface area contributed by atoms with Crippen molar-refractivity contribution in [3.8, 4) is 0 Å². The molecular weight excluding hydrogens is 300 g/mol. The minimum absolute atomic E-state index is 0.0178. The van der Waals surface area contributed by atoms with Crippen LogP contribution in [0.4, 0.5) is 5.82 Å². The van der Waals surface area contributed by atoms with E-state index in [1.54, 1.807) is 7.11 Å². The van der Waals surface area contributed by atoms with Crippen LogP contribution in [0.25, 0.3) is 10.9 Å². The number of carbonyl (C=O) groups excluding carboxylic acids is 1. The third kappa shape index (κ3) is 4.32. The molecule has 0 saturated heterocycles. The van der Waals surface area contributed by atoms with Crippen molar-refractivity contribution in [1.82, 2.24) is 15.3 Å². The molecule has 1 aromatic carbocycles. The number of carbonyl (C=O) groups is 1. The molecule has 0 fully saturated rings. The zero-order chi connectivity index (χ0) is 15.9. The van der Waals surface area contributed by atoms with E-state index in [4.69, 9.17) is 10.5 Å². The summed E-state index contributed by atoms with van der Waals surface area (Å²) in [6.07, 6.45) is 0. The highest BCUT2D eigenvalue weighted by molar-refractivity contribution is 7.99. The average Bonchev–Trinajstić information content (AvgIpc) is 2.52. The van der Waals surface area contributed by atoms with E-state index in [1.807, 2.05) is 31.2 Å². The Bertz CT molecular complexity index is 650. The van der Waals surface area contributed by atoms with Gasteiger partial charge in [-0.05, 0) is 19.1 Å². The SMILES string of the molecule is COCCNC(=O)C(C)SCc1nc(N)c2ccccc2n1. The molecular formula is C15H20N4O2S. The van der Waals surface area contributed by atoms with Crippen LogP contribution in [0.2, 0.25) is 0 Å². The Morgan fingerprint density at radius 1 is 1.41 bits per heavy atom. The Morgan fingerprint density at radius 3 is 2.95 bits per heavy atom. The van der Waals surface area contributed by atoms with Crippen molar-refractivity contribution in [2.75, 3.05) is 26.0 Å². The molecule has 0 aliphatic rings. The maximum Gasteiger partial charge on any atom is 0.232 e. The van der Waals surface area contributed by atoms with Crippen molar-refractivity contribution in [2.24, 2.45) is 0 Å². The molecule has 1 amide bonds. The topological polar surface area (TPSA) is 90.1 Å². The van der Waals surface area contributed by atoms with Gasteiger partial charge in [-0.3, -0.25) is 4.79 Å². The van der Waals surface area contributed by atoms with E-state index in [0.29, 0.717) is 30.5 Å². The zero-order valence-electron chi connectivity index (χ0n) is 12.7. The Morgan fingerprint density at radius 2 is 2.18 bits per heavy atom. The number of benzene rings is 1. The third-order valence-corrected chi connectivity index (χ3v) is 4.26. The highest BCUT2D eigenvalue weighted by atomic mass is 32.2. The first-order valence-corrected chi connectivity index (χ1v) is 8.06. The molecule has 0 bridgehead atoms. The van der Waals surface area contributed by atoms with Crippen molar-refractivity contribution in [3.63, 3.8) is 0 Å². The molecule has 1 unspecified atom stereocenters. The summed E-state index contributed by atoms with van der Waals surface area (Å²) >= 11 is 1.48. The van der Waals surface area contributed by atoms with Crippen molar-refractivity contribution < 1.29 is 9.53 Å². The molecule has 22 heavy (non-hydrogen) atoms. The van der Waals surface area contributed by atoms with E-state index in [0.717, 1.165) is 10.9 Å². The summed E-state index contributed by atoms with van der Waals surface area (Å²) in [6, 6.07) is 7.62. The number of aromatic nitrogens is 2. The lowest BCUT2D eigenvalue weighted by Crippen LogP contribution is -2.33. The summed E-state index contributed by atoms with van der Waals surface area (Å²) in [6.45, 7) is 2.88. The minimum Gasteiger partial charge on any atom is -0.383 e. The lowest BCUT2D eigenvalue weighted by atomic mass is 10.2. The standard InChI is InChI=1S/C15H20N4O2S/c1-10(15(20)17-7-8-21-2)22-9-13-18-12-6-4-3-5-11(12)14(16)19-13/h3-6,10H,7-9H2,1-2H3,(H,17,20)(H2,16,18,19). The number of nitrogens with two attached hydrogens (primary N) is 1. The molecule has 0 saturated carbocycles. The van der Waals surface area contributed by atoms with Crippen molar-refractivity contribution >= 4 is 34.4 Å². The van der Waals surface area contributed by atoms with Gasteiger partial charge in [0.15, 0.2) is 0 Å². The monoisotopic (exact) mass is 320 g/mol. The molecule has 0 aliphatic heterocycles. The normalized spacial score (nSPS) is 12.3. The van der Waals surface area contributed by atoms with Crippen LogP contribution in [0.5, 0.6) is 0 Å². The van der Waals surface area contributed by atoms with Crippen LogP contribution >= 0.6 is 11.8 Å². The second kappa shape index (κ2) is 7.95. The summed E-state index contributed by atoms with van der Waals surface area (Å²) in [5, 5.41) is 3.47. The van der Waals surface area contributed by atoms with Gasteiger partial charge in [0.05, 0.1) is 23.1 Å². The predicted molar refractivity (Wildman–Crippen MR) is 89.6 cm³/mol. The van der Waals surface area contributed by atoms with Crippen LogP contribution in [0.3, 0.4) is 0 Å². The zero-order valence-corrected chi connectivity index (χ0v) is 13.5. The minimum atomic E-state index is -0.187. The summed E-state index contributed by atoms with van der Waals surface area (Å²) in [5.41, 5.74) is 6.77. The molecule has 7 heteroatoms. The van der Waals surface area contributed by atoms with Crippen LogP contribution in [0, 0.1) is 0 Å². The average molecular weight is 320 g/mol. The van der Waals surface area contributed by atoms with Gasteiger partial charge in [-0.1, -0.05) is 12.1 Å². The van der Waals surface area contributed by atoms with E-state index >= 15 is 0 Å². The van der Waals surface area contributed by atoms with Crippen LogP contribution in [-0.4, -0.2) is 41.4 Å². The third-order valence-electron chi connectivity index (χ3n) is 3.12. The number of nitrogens with zero attached hydrogens (tertiary/aromatic N) is 2. The molecule has 0 radical (unpaired) electrons. The number of nitrogen functional groups attached to an aromatic ring is 1. The maximum atomic E-state index is 11.9. The summed E-state index contributed by atoms with van der Waals surface area (Å²) in [7, 11) is 1.60. The molecule has 3 N–H and O–H groups in total. The Kier molecular flexibility index (Phi) is 5.97. The molecule has 1 aromatic heterocycles. The second-order valence-electron chi connectivity index (χ2n) is 4.78. The predicted octanol–water partition coefficient (Wildman–Crippen LogP) is 1.60. The van der Waals surface area contributed by atoms with Crippen molar-refractivity contribution in [3.05, 3.63) is 30.1 Å². The van der Waals surface area contributed by atoms with Crippen LogP contribution in [-0.2, 0) is 15.3 Å². The van der Waals surface area contributed by atoms with E-state index in [1.165, 1.54) is 11.8 Å². The van der Waals surface area contributed by atoms with Crippen LogP contribution in [0.1, 0.15) is 12.7 Å². The van der Waals surface area contributed by atoms with Gasteiger partial charge in [-0.25, -0.2) is 9.97 Å². The fourth-order valence-corrected chi connectivity index (χ4v) is 2.67. The Hall–Kier alpha value is -1.86. The summed E-state index contributed by atoms with van der Waals surface area (Å²) < 4.78 is 4.90. The van der Waals surface area contributed by atoms with Gasteiger partial charge in [0.2, 0.25) is 5.91 Å². The molecule has 2 rings (SSSR count). The molecule has 0 aliphatic carbocycles. The number of rotatable bonds is 7. The Labute approximate surface area is 133 Å². The largest absolute Gasteiger partial charge is 0.383 e. The molecule has 118 valence electrons. The van der Waals surface area contributed by atoms with E-state index < -0.39 is 0 Å². The highest BCUT2D eigenvalue weighted by Crippen LogP contribution is 2.21. The fraction of sp³-hybridized carbons (Fsp3) is 0.400. The number of methoxy groups -OCH3 is 1. The van der Waals surface area contributed by atoms with E-state index in [9.17, 15) is 4.79 Å². The van der Waals surface area contributed by atoms with Crippen molar-refractivity contribution in [2.45, 2.75) is 17.9 Å². The molecule has 1 atom stereocenters. The first-order valence-electron chi connectivity index (χ1n) is 7.01. The molecule has 6 nitrogen and oxygen atoms in total. The number of nitrogens with one attached hydrogen (secondary N) is 1. The first kappa shape index (κ1) is 16.5. The number of ether oxygens (including phenoxy) is 1. The van der Waals surface area contributed by atoms with Crippen LogP contribution in [0.15, 0.2) is 24.3 Å². The van der Waals surface area contributed by atoms with Gasteiger partial charge >= 0.3 is 0 Å². The fourth-order valence-electron chi connectivity index (χ4n) is 1.91. The highest BCUT2D eigenvalue weighted by Gasteiger charge is 2.14. The van der Waals surface area contributed by atoms with Gasteiger partial charge < -0.3 is 15.8 Å². The van der Waals surface area contributed by atoms with Gasteiger partial charge in [-0.15, -0.1) is 11.8 Å². The second-order valence-corrected chi connectivity index (χ2v) is 6.11.